The monoisotopic (exact) mass is 287 g/mol. The molecule has 0 bridgehead atoms. The van der Waals surface area contributed by atoms with Crippen molar-refractivity contribution in [1.29, 1.82) is 0 Å². The number of aryl methyl sites for hydroxylation is 1. The number of carbonyl (C=O) groups is 1. The van der Waals surface area contributed by atoms with Crippen LogP contribution in [0.2, 0.25) is 0 Å². The zero-order valence-electron chi connectivity index (χ0n) is 11.7. The van der Waals surface area contributed by atoms with Crippen molar-refractivity contribution in [1.82, 2.24) is 5.32 Å². The van der Waals surface area contributed by atoms with Crippen LogP contribution in [-0.2, 0) is 17.6 Å². The number of phenolic OH excluding ortho intramolecular Hbond substituents is 1. The fourth-order valence-corrected chi connectivity index (χ4v) is 2.06. The molecule has 0 aliphatic heterocycles. The van der Waals surface area contributed by atoms with Crippen molar-refractivity contribution in [2.45, 2.75) is 19.3 Å². The molecule has 0 spiro atoms. The quantitative estimate of drug-likeness (QED) is 0.858. The minimum absolute atomic E-state index is 0.0465. The second-order valence-electron chi connectivity index (χ2n) is 4.86. The van der Waals surface area contributed by atoms with Gasteiger partial charge in [0.05, 0.1) is 0 Å². The molecule has 1 amide bonds. The number of benzene rings is 2. The Hall–Kier alpha value is -2.36. The van der Waals surface area contributed by atoms with Gasteiger partial charge in [0.25, 0.3) is 0 Å². The summed E-state index contributed by atoms with van der Waals surface area (Å²) in [5.74, 6) is -0.0707. The summed E-state index contributed by atoms with van der Waals surface area (Å²) < 4.78 is 12.7. The van der Waals surface area contributed by atoms with Crippen LogP contribution in [0.15, 0.2) is 48.5 Å². The number of para-hydroxylation sites is 1. The molecule has 0 atom stereocenters. The van der Waals surface area contributed by atoms with Gasteiger partial charge in [-0.3, -0.25) is 4.79 Å². The Balaban J connectivity index is 1.70. The maximum Gasteiger partial charge on any atom is 0.220 e. The van der Waals surface area contributed by atoms with Crippen molar-refractivity contribution in [3.8, 4) is 5.75 Å². The Labute approximate surface area is 123 Å². The Morgan fingerprint density at radius 1 is 1.05 bits per heavy atom. The fourth-order valence-electron chi connectivity index (χ4n) is 2.06. The molecule has 110 valence electrons. The van der Waals surface area contributed by atoms with E-state index in [-0.39, 0.29) is 17.5 Å². The molecule has 0 heterocycles. The number of rotatable bonds is 6. The molecule has 0 aliphatic rings. The summed E-state index contributed by atoms with van der Waals surface area (Å²) in [6, 6.07) is 13.2. The first-order valence-electron chi connectivity index (χ1n) is 6.93. The van der Waals surface area contributed by atoms with Crippen LogP contribution in [0.5, 0.6) is 5.75 Å². The summed E-state index contributed by atoms with van der Waals surface area (Å²) in [6.07, 6.45) is 1.55. The molecule has 0 aliphatic carbocycles. The van der Waals surface area contributed by atoms with E-state index in [1.54, 1.807) is 24.3 Å². The summed E-state index contributed by atoms with van der Waals surface area (Å²) in [4.78, 5) is 11.7. The molecule has 0 radical (unpaired) electrons. The lowest BCUT2D eigenvalue weighted by Crippen LogP contribution is -2.25. The van der Waals surface area contributed by atoms with E-state index < -0.39 is 0 Å². The molecular weight excluding hydrogens is 269 g/mol. The molecular formula is C17H18FNO2. The lowest BCUT2D eigenvalue weighted by atomic mass is 10.1. The first kappa shape index (κ1) is 15.0. The molecule has 2 rings (SSSR count). The zero-order chi connectivity index (χ0) is 15.1. The van der Waals surface area contributed by atoms with Crippen molar-refractivity contribution >= 4 is 5.91 Å². The van der Waals surface area contributed by atoms with Crippen LogP contribution in [0, 0.1) is 5.82 Å². The van der Waals surface area contributed by atoms with Gasteiger partial charge in [0.15, 0.2) is 0 Å². The number of carbonyl (C=O) groups excluding carboxylic acids is 1. The molecule has 2 aromatic carbocycles. The van der Waals surface area contributed by atoms with Gasteiger partial charge in [0, 0.05) is 13.0 Å². The van der Waals surface area contributed by atoms with Gasteiger partial charge in [-0.05, 0) is 42.2 Å². The van der Waals surface area contributed by atoms with E-state index in [9.17, 15) is 14.3 Å². The predicted octanol–water partition coefficient (Wildman–Crippen LogP) is 2.82. The highest BCUT2D eigenvalue weighted by Crippen LogP contribution is 2.15. The summed E-state index contributed by atoms with van der Waals surface area (Å²) in [7, 11) is 0. The lowest BCUT2D eigenvalue weighted by Gasteiger charge is -2.07. The number of hydrogen-bond donors (Lipinski definition) is 2. The summed E-state index contributed by atoms with van der Waals surface area (Å²) >= 11 is 0. The van der Waals surface area contributed by atoms with Gasteiger partial charge >= 0.3 is 0 Å². The highest BCUT2D eigenvalue weighted by Gasteiger charge is 2.04. The number of aromatic hydroxyl groups is 1. The number of nitrogens with one attached hydrogen (secondary N) is 1. The van der Waals surface area contributed by atoms with Crippen molar-refractivity contribution < 1.29 is 14.3 Å². The lowest BCUT2D eigenvalue weighted by molar-refractivity contribution is -0.121. The van der Waals surface area contributed by atoms with Crippen LogP contribution in [0.1, 0.15) is 17.5 Å². The van der Waals surface area contributed by atoms with Gasteiger partial charge in [-0.15, -0.1) is 0 Å². The van der Waals surface area contributed by atoms with E-state index in [2.05, 4.69) is 5.32 Å². The Morgan fingerprint density at radius 2 is 1.76 bits per heavy atom. The van der Waals surface area contributed by atoms with Crippen LogP contribution in [0.4, 0.5) is 4.39 Å². The summed E-state index contributed by atoms with van der Waals surface area (Å²) in [6.45, 7) is 0.486. The average Bonchev–Trinajstić information content (AvgIpc) is 2.49. The van der Waals surface area contributed by atoms with Crippen LogP contribution in [-0.4, -0.2) is 17.6 Å². The predicted molar refractivity (Wildman–Crippen MR) is 79.5 cm³/mol. The first-order valence-corrected chi connectivity index (χ1v) is 6.93. The Bertz CT molecular complexity index is 596. The van der Waals surface area contributed by atoms with Gasteiger partial charge in [-0.2, -0.15) is 0 Å². The number of hydrogen-bond acceptors (Lipinski definition) is 2. The highest BCUT2D eigenvalue weighted by molar-refractivity contribution is 5.76. The number of phenols is 1. The molecule has 2 N–H and O–H groups in total. The third-order valence-corrected chi connectivity index (χ3v) is 3.26. The molecule has 3 nitrogen and oxygen atoms in total. The third kappa shape index (κ3) is 4.91. The molecule has 21 heavy (non-hydrogen) atoms. The molecule has 0 saturated heterocycles. The summed E-state index contributed by atoms with van der Waals surface area (Å²) in [5, 5.41) is 12.4. The zero-order valence-corrected chi connectivity index (χ0v) is 11.7. The second-order valence-corrected chi connectivity index (χ2v) is 4.86. The van der Waals surface area contributed by atoms with Gasteiger partial charge < -0.3 is 10.4 Å². The molecule has 0 aromatic heterocycles. The normalized spacial score (nSPS) is 10.3. The van der Waals surface area contributed by atoms with Crippen molar-refractivity contribution in [2.24, 2.45) is 0 Å². The van der Waals surface area contributed by atoms with Crippen LogP contribution >= 0.6 is 0 Å². The first-order chi connectivity index (χ1) is 10.1. The van der Waals surface area contributed by atoms with Gasteiger partial charge in [0.1, 0.15) is 11.6 Å². The molecule has 0 fully saturated rings. The van der Waals surface area contributed by atoms with Crippen LogP contribution < -0.4 is 5.32 Å². The third-order valence-electron chi connectivity index (χ3n) is 3.26. The maximum absolute atomic E-state index is 12.7. The molecule has 0 saturated carbocycles. The Kier molecular flexibility index (Phi) is 5.32. The topological polar surface area (TPSA) is 49.3 Å². The van der Waals surface area contributed by atoms with E-state index in [1.165, 1.54) is 12.1 Å². The van der Waals surface area contributed by atoms with E-state index in [4.69, 9.17) is 0 Å². The SMILES string of the molecule is O=C(CCc1ccc(F)cc1)NCCc1ccccc1O. The molecule has 4 heteroatoms. The van der Waals surface area contributed by atoms with Gasteiger partial charge in [-0.1, -0.05) is 30.3 Å². The van der Waals surface area contributed by atoms with Gasteiger partial charge in [-0.25, -0.2) is 4.39 Å². The second kappa shape index (κ2) is 7.43. The largest absolute Gasteiger partial charge is 0.508 e. The summed E-state index contributed by atoms with van der Waals surface area (Å²) in [5.41, 5.74) is 1.75. The molecule has 0 unspecified atom stereocenters. The van der Waals surface area contributed by atoms with Crippen LogP contribution in [0.25, 0.3) is 0 Å². The molecule has 2 aromatic rings. The number of amides is 1. The van der Waals surface area contributed by atoms with Crippen molar-refractivity contribution in [3.63, 3.8) is 0 Å². The van der Waals surface area contributed by atoms with E-state index >= 15 is 0 Å². The number of halogens is 1. The van der Waals surface area contributed by atoms with E-state index in [0.29, 0.717) is 25.8 Å². The van der Waals surface area contributed by atoms with Crippen molar-refractivity contribution in [3.05, 3.63) is 65.5 Å². The van der Waals surface area contributed by atoms with Gasteiger partial charge in [0.2, 0.25) is 5.91 Å². The smallest absolute Gasteiger partial charge is 0.220 e. The Morgan fingerprint density at radius 3 is 2.48 bits per heavy atom. The average molecular weight is 287 g/mol. The standard InChI is InChI=1S/C17H18FNO2/c18-15-8-5-13(6-9-15)7-10-17(21)19-12-11-14-3-1-2-4-16(14)20/h1-6,8-9,20H,7,10-12H2,(H,19,21). The minimum atomic E-state index is -0.272. The van der Waals surface area contributed by atoms with E-state index in [1.807, 2.05) is 12.1 Å². The van der Waals surface area contributed by atoms with E-state index in [0.717, 1.165) is 11.1 Å². The van der Waals surface area contributed by atoms with Crippen LogP contribution in [0.3, 0.4) is 0 Å². The fraction of sp³-hybridized carbons (Fsp3) is 0.235. The minimum Gasteiger partial charge on any atom is -0.508 e. The highest BCUT2D eigenvalue weighted by atomic mass is 19.1. The van der Waals surface area contributed by atoms with Crippen molar-refractivity contribution in [2.75, 3.05) is 6.54 Å². The maximum atomic E-state index is 12.7.